The molecule has 2 saturated heterocycles. The van der Waals surface area contributed by atoms with E-state index in [0.717, 1.165) is 57.4 Å². The first-order chi connectivity index (χ1) is 13.6. The molecule has 1 saturated carbocycles. The number of amides is 3. The Morgan fingerprint density at radius 1 is 1.11 bits per heavy atom. The van der Waals surface area contributed by atoms with Crippen molar-refractivity contribution in [2.24, 2.45) is 11.8 Å². The van der Waals surface area contributed by atoms with Crippen molar-refractivity contribution < 1.29 is 18.8 Å². The first kappa shape index (κ1) is 19.2. The highest BCUT2D eigenvalue weighted by atomic mass is 16.3. The Kier molecular flexibility index (Phi) is 5.80. The summed E-state index contributed by atoms with van der Waals surface area (Å²) in [4.78, 5) is 41.1. The quantitative estimate of drug-likeness (QED) is 0.725. The smallest absolute Gasteiger partial charge is 0.233 e. The second kappa shape index (κ2) is 8.47. The molecule has 0 unspecified atom stereocenters. The van der Waals surface area contributed by atoms with Crippen LogP contribution in [0, 0.1) is 11.8 Å². The number of likely N-dealkylation sites (tertiary alicyclic amines) is 2. The van der Waals surface area contributed by atoms with Crippen molar-refractivity contribution in [3.05, 3.63) is 24.2 Å². The van der Waals surface area contributed by atoms with Crippen LogP contribution in [0.3, 0.4) is 0 Å². The zero-order chi connectivity index (χ0) is 19.5. The Hall–Kier alpha value is -2.15. The number of nitrogens with zero attached hydrogens (tertiary/aromatic N) is 2. The van der Waals surface area contributed by atoms with E-state index >= 15 is 0 Å². The summed E-state index contributed by atoms with van der Waals surface area (Å²) in [5, 5.41) is 2.97. The van der Waals surface area contributed by atoms with E-state index in [1.54, 1.807) is 6.26 Å². The van der Waals surface area contributed by atoms with Gasteiger partial charge in [0.15, 0.2) is 0 Å². The fourth-order valence-electron chi connectivity index (χ4n) is 4.91. The topological polar surface area (TPSA) is 82.9 Å². The largest absolute Gasteiger partial charge is 0.468 e. The molecular weight excluding hydrogens is 358 g/mol. The van der Waals surface area contributed by atoms with E-state index in [-0.39, 0.29) is 48.6 Å². The van der Waals surface area contributed by atoms with Crippen molar-refractivity contribution in [3.8, 4) is 0 Å². The summed E-state index contributed by atoms with van der Waals surface area (Å²) in [5.41, 5.74) is 0. The highest BCUT2D eigenvalue weighted by Crippen LogP contribution is 2.38. The minimum atomic E-state index is -0.150. The standard InChI is InChI=1S/C21H29N3O4/c25-19(9-12-24-20(26)15-6-1-2-7-16(15)21(24)27)22-14-17(18-8-5-13-28-18)23-10-3-4-11-23/h5,8,13,15-17H,1-4,6-7,9-12,14H2,(H,22,25)/t15-,16+,17-/m1/s1. The second-order valence-electron chi connectivity index (χ2n) is 8.15. The predicted octanol–water partition coefficient (Wildman–Crippen LogP) is 2.10. The summed E-state index contributed by atoms with van der Waals surface area (Å²) in [5.74, 6) is 0.272. The van der Waals surface area contributed by atoms with Crippen molar-refractivity contribution in [2.75, 3.05) is 26.2 Å². The van der Waals surface area contributed by atoms with Crippen LogP contribution in [0.15, 0.2) is 22.8 Å². The lowest BCUT2D eigenvalue weighted by Crippen LogP contribution is -2.39. The van der Waals surface area contributed by atoms with E-state index < -0.39 is 0 Å². The van der Waals surface area contributed by atoms with E-state index in [9.17, 15) is 14.4 Å². The van der Waals surface area contributed by atoms with Gasteiger partial charge in [-0.1, -0.05) is 12.8 Å². The number of rotatable bonds is 7. The van der Waals surface area contributed by atoms with Crippen LogP contribution in [0.1, 0.15) is 56.7 Å². The highest BCUT2D eigenvalue weighted by Gasteiger charge is 2.47. The van der Waals surface area contributed by atoms with Crippen LogP contribution in [-0.2, 0) is 14.4 Å². The molecule has 3 atom stereocenters. The molecule has 1 aliphatic carbocycles. The van der Waals surface area contributed by atoms with Gasteiger partial charge >= 0.3 is 0 Å². The Morgan fingerprint density at radius 2 is 1.79 bits per heavy atom. The van der Waals surface area contributed by atoms with E-state index in [1.165, 1.54) is 4.90 Å². The molecule has 1 aromatic heterocycles. The Balaban J connectivity index is 1.29. The molecule has 28 heavy (non-hydrogen) atoms. The van der Waals surface area contributed by atoms with Crippen LogP contribution in [0.2, 0.25) is 0 Å². The van der Waals surface area contributed by atoms with Crippen molar-refractivity contribution in [1.82, 2.24) is 15.1 Å². The van der Waals surface area contributed by atoms with E-state index in [2.05, 4.69) is 10.2 Å². The van der Waals surface area contributed by atoms with Gasteiger partial charge in [-0.3, -0.25) is 24.2 Å². The van der Waals surface area contributed by atoms with Crippen molar-refractivity contribution in [2.45, 2.75) is 51.0 Å². The molecule has 152 valence electrons. The van der Waals surface area contributed by atoms with Gasteiger partial charge in [-0.2, -0.15) is 0 Å². The van der Waals surface area contributed by atoms with Crippen LogP contribution in [-0.4, -0.2) is 53.7 Å². The average Bonchev–Trinajstić information content (AvgIpc) is 3.45. The summed E-state index contributed by atoms with van der Waals surface area (Å²) in [6, 6.07) is 3.84. The number of furan rings is 1. The van der Waals surface area contributed by atoms with Gasteiger partial charge in [-0.05, 0) is 50.9 Å². The third-order valence-electron chi connectivity index (χ3n) is 6.44. The number of carbonyl (C=O) groups is 3. The highest BCUT2D eigenvalue weighted by molar-refractivity contribution is 6.05. The molecule has 0 spiro atoms. The van der Waals surface area contributed by atoms with E-state index in [4.69, 9.17) is 4.42 Å². The summed E-state index contributed by atoms with van der Waals surface area (Å²) < 4.78 is 5.57. The second-order valence-corrected chi connectivity index (χ2v) is 8.15. The Labute approximate surface area is 165 Å². The first-order valence-corrected chi connectivity index (χ1v) is 10.5. The summed E-state index contributed by atoms with van der Waals surface area (Å²) in [6.07, 6.45) is 7.76. The lowest BCUT2D eigenvalue weighted by atomic mass is 9.81. The predicted molar refractivity (Wildman–Crippen MR) is 102 cm³/mol. The van der Waals surface area contributed by atoms with Gasteiger partial charge in [-0.15, -0.1) is 0 Å². The monoisotopic (exact) mass is 387 g/mol. The maximum Gasteiger partial charge on any atom is 0.233 e. The van der Waals surface area contributed by atoms with Crippen LogP contribution < -0.4 is 5.32 Å². The molecule has 1 N–H and O–H groups in total. The van der Waals surface area contributed by atoms with Crippen LogP contribution >= 0.6 is 0 Å². The number of hydrogen-bond acceptors (Lipinski definition) is 5. The Morgan fingerprint density at radius 3 is 2.39 bits per heavy atom. The lowest BCUT2D eigenvalue weighted by molar-refractivity contribution is -0.140. The summed E-state index contributed by atoms with van der Waals surface area (Å²) in [7, 11) is 0. The van der Waals surface area contributed by atoms with Crippen LogP contribution in [0.4, 0.5) is 0 Å². The van der Waals surface area contributed by atoms with Crippen molar-refractivity contribution in [3.63, 3.8) is 0 Å². The maximum absolute atomic E-state index is 12.5. The number of nitrogens with one attached hydrogen (secondary N) is 1. The SMILES string of the molecule is O=C(CCN1C(=O)[C@H]2CCCC[C@H]2C1=O)NC[C@H](c1ccco1)N1CCCC1. The number of hydrogen-bond donors (Lipinski definition) is 1. The summed E-state index contributed by atoms with van der Waals surface area (Å²) in [6.45, 7) is 2.66. The molecule has 3 heterocycles. The van der Waals surface area contributed by atoms with Gasteiger partial charge < -0.3 is 9.73 Å². The average molecular weight is 387 g/mol. The molecule has 0 aromatic carbocycles. The van der Waals surface area contributed by atoms with Crippen LogP contribution in [0.25, 0.3) is 0 Å². The van der Waals surface area contributed by atoms with Crippen molar-refractivity contribution in [1.29, 1.82) is 0 Å². The maximum atomic E-state index is 12.5. The van der Waals surface area contributed by atoms with Gasteiger partial charge in [0.05, 0.1) is 24.1 Å². The third kappa shape index (κ3) is 3.85. The number of fused-ring (bicyclic) bond motifs is 1. The third-order valence-corrected chi connectivity index (χ3v) is 6.44. The minimum absolute atomic E-state index is 0.0272. The fraction of sp³-hybridized carbons (Fsp3) is 0.667. The normalized spacial score (nSPS) is 26.5. The van der Waals surface area contributed by atoms with Crippen LogP contribution in [0.5, 0.6) is 0 Å². The van der Waals surface area contributed by atoms with Crippen molar-refractivity contribution >= 4 is 17.7 Å². The van der Waals surface area contributed by atoms with E-state index in [1.807, 2.05) is 12.1 Å². The molecule has 7 heteroatoms. The molecule has 0 bridgehead atoms. The number of carbonyl (C=O) groups excluding carboxylic acids is 3. The van der Waals surface area contributed by atoms with Gasteiger partial charge in [0, 0.05) is 19.5 Å². The molecular formula is C21H29N3O4. The lowest BCUT2D eigenvalue weighted by Gasteiger charge is -2.26. The first-order valence-electron chi connectivity index (χ1n) is 10.5. The van der Waals surface area contributed by atoms with Gasteiger partial charge in [0.1, 0.15) is 5.76 Å². The van der Waals surface area contributed by atoms with Gasteiger partial charge in [0.25, 0.3) is 0 Å². The zero-order valence-electron chi connectivity index (χ0n) is 16.3. The van der Waals surface area contributed by atoms with Gasteiger partial charge in [0.2, 0.25) is 17.7 Å². The Bertz CT molecular complexity index is 687. The minimum Gasteiger partial charge on any atom is -0.468 e. The molecule has 0 radical (unpaired) electrons. The molecule has 2 aliphatic heterocycles. The zero-order valence-corrected chi connectivity index (χ0v) is 16.3. The van der Waals surface area contributed by atoms with E-state index in [0.29, 0.717) is 6.54 Å². The summed E-state index contributed by atoms with van der Waals surface area (Å²) >= 11 is 0. The molecule has 7 nitrogen and oxygen atoms in total. The van der Waals surface area contributed by atoms with Gasteiger partial charge in [-0.25, -0.2) is 0 Å². The number of imide groups is 1. The molecule has 3 fully saturated rings. The molecule has 3 amide bonds. The molecule has 1 aromatic rings. The fourth-order valence-corrected chi connectivity index (χ4v) is 4.91. The molecule has 3 aliphatic rings. The molecule has 4 rings (SSSR count).